The predicted octanol–water partition coefficient (Wildman–Crippen LogP) is 3.88. The Morgan fingerprint density at radius 1 is 1.19 bits per heavy atom. The summed E-state index contributed by atoms with van der Waals surface area (Å²) in [7, 11) is 0. The van der Waals surface area contributed by atoms with E-state index < -0.39 is 0 Å². The van der Waals surface area contributed by atoms with E-state index in [-0.39, 0.29) is 0 Å². The molecule has 1 saturated carbocycles. The number of rotatable bonds is 3. The van der Waals surface area contributed by atoms with Crippen molar-refractivity contribution in [3.05, 3.63) is 35.4 Å². The van der Waals surface area contributed by atoms with Crippen molar-refractivity contribution in [3.63, 3.8) is 0 Å². The standard InChI is InChI=1S/C12H17NS.C2H6/c1-10-3-5-11(6-4-10)12(9-13-14)7-2-8-12;1-2/h3-6,13-14H,2,7-9H2,1H3;1-2H3. The third kappa shape index (κ3) is 2.80. The SMILES string of the molecule is CC.Cc1ccc(C2(CNS)CCC2)cc1. The molecule has 0 spiro atoms. The summed E-state index contributed by atoms with van der Waals surface area (Å²) in [5.41, 5.74) is 3.17. The van der Waals surface area contributed by atoms with Gasteiger partial charge in [-0.3, -0.25) is 4.72 Å². The second kappa shape index (κ2) is 6.31. The second-order valence-electron chi connectivity index (χ2n) is 4.33. The van der Waals surface area contributed by atoms with Gasteiger partial charge in [0.05, 0.1) is 0 Å². The number of nitrogens with one attached hydrogen (secondary N) is 1. The molecule has 0 amide bonds. The van der Waals surface area contributed by atoms with Crippen molar-refractivity contribution >= 4 is 12.8 Å². The van der Waals surface area contributed by atoms with Gasteiger partial charge in [-0.15, -0.1) is 0 Å². The summed E-state index contributed by atoms with van der Waals surface area (Å²) in [6, 6.07) is 8.93. The highest BCUT2D eigenvalue weighted by molar-refractivity contribution is 7.78. The molecule has 0 radical (unpaired) electrons. The third-order valence-electron chi connectivity index (χ3n) is 3.39. The molecule has 0 bridgehead atoms. The summed E-state index contributed by atoms with van der Waals surface area (Å²) in [6.45, 7) is 7.12. The first-order valence-electron chi connectivity index (χ1n) is 6.21. The van der Waals surface area contributed by atoms with Gasteiger partial charge in [0, 0.05) is 12.0 Å². The van der Waals surface area contributed by atoms with Gasteiger partial charge in [0.1, 0.15) is 0 Å². The molecule has 2 rings (SSSR count). The second-order valence-corrected chi connectivity index (χ2v) is 4.65. The van der Waals surface area contributed by atoms with Crippen LogP contribution < -0.4 is 4.72 Å². The Kier molecular flexibility index (Phi) is 5.36. The minimum absolute atomic E-state index is 0.370. The van der Waals surface area contributed by atoms with Crippen molar-refractivity contribution in [2.45, 2.75) is 45.4 Å². The molecule has 0 saturated heterocycles. The molecule has 0 atom stereocenters. The van der Waals surface area contributed by atoms with Crippen molar-refractivity contribution in [2.75, 3.05) is 6.54 Å². The largest absolute Gasteiger partial charge is 0.266 e. The number of benzene rings is 1. The zero-order valence-electron chi connectivity index (χ0n) is 10.6. The highest BCUT2D eigenvalue weighted by Gasteiger charge is 2.37. The van der Waals surface area contributed by atoms with Crippen LogP contribution in [0.25, 0.3) is 0 Å². The van der Waals surface area contributed by atoms with Gasteiger partial charge in [-0.25, -0.2) is 0 Å². The Labute approximate surface area is 105 Å². The third-order valence-corrected chi connectivity index (χ3v) is 3.55. The van der Waals surface area contributed by atoms with Crippen LogP contribution in [0.15, 0.2) is 24.3 Å². The summed E-state index contributed by atoms with van der Waals surface area (Å²) in [4.78, 5) is 0. The maximum absolute atomic E-state index is 4.12. The Hall–Kier alpha value is -0.470. The molecule has 0 aromatic heterocycles. The molecule has 1 aliphatic rings. The lowest BCUT2D eigenvalue weighted by molar-refractivity contribution is 0.247. The van der Waals surface area contributed by atoms with E-state index in [1.165, 1.54) is 30.4 Å². The highest BCUT2D eigenvalue weighted by atomic mass is 32.1. The number of thiol groups is 1. The van der Waals surface area contributed by atoms with E-state index in [2.05, 4.69) is 48.7 Å². The molecule has 0 heterocycles. The van der Waals surface area contributed by atoms with Crippen LogP contribution in [-0.4, -0.2) is 6.54 Å². The summed E-state index contributed by atoms with van der Waals surface area (Å²) in [5.74, 6) is 0. The molecule has 16 heavy (non-hydrogen) atoms. The van der Waals surface area contributed by atoms with Crippen LogP contribution in [0.1, 0.15) is 44.2 Å². The van der Waals surface area contributed by atoms with Gasteiger partial charge in [-0.1, -0.05) is 62.9 Å². The summed E-state index contributed by atoms with van der Waals surface area (Å²) < 4.78 is 3.02. The van der Waals surface area contributed by atoms with Gasteiger partial charge < -0.3 is 0 Å². The summed E-state index contributed by atoms with van der Waals surface area (Å²) in [6.07, 6.45) is 3.94. The minimum Gasteiger partial charge on any atom is -0.266 e. The zero-order valence-corrected chi connectivity index (χ0v) is 11.5. The van der Waals surface area contributed by atoms with Crippen molar-refractivity contribution in [2.24, 2.45) is 0 Å². The maximum atomic E-state index is 4.12. The van der Waals surface area contributed by atoms with E-state index in [4.69, 9.17) is 0 Å². The van der Waals surface area contributed by atoms with Crippen LogP contribution in [-0.2, 0) is 5.41 Å². The maximum Gasteiger partial charge on any atom is 0.0153 e. The van der Waals surface area contributed by atoms with Gasteiger partial charge in [-0.05, 0) is 25.3 Å². The van der Waals surface area contributed by atoms with Crippen molar-refractivity contribution in [1.29, 1.82) is 0 Å². The molecule has 0 unspecified atom stereocenters. The molecular weight excluding hydrogens is 214 g/mol. The van der Waals surface area contributed by atoms with Crippen LogP contribution >= 0.6 is 12.8 Å². The molecule has 2 heteroatoms. The minimum atomic E-state index is 0.370. The average Bonchev–Trinajstić information content (AvgIpc) is 2.28. The molecular formula is C14H23NS. The normalized spacial score (nSPS) is 17.0. The van der Waals surface area contributed by atoms with E-state index in [1.54, 1.807) is 0 Å². The molecule has 1 aliphatic carbocycles. The lowest BCUT2D eigenvalue weighted by Gasteiger charge is -2.42. The topological polar surface area (TPSA) is 12.0 Å². The van der Waals surface area contributed by atoms with Crippen molar-refractivity contribution in [1.82, 2.24) is 4.72 Å². The zero-order chi connectivity index (χ0) is 12.0. The molecule has 1 aromatic rings. The number of hydrogen-bond acceptors (Lipinski definition) is 2. The predicted molar refractivity (Wildman–Crippen MR) is 75.0 cm³/mol. The Morgan fingerprint density at radius 2 is 1.75 bits per heavy atom. The monoisotopic (exact) mass is 237 g/mol. The Morgan fingerprint density at radius 3 is 2.12 bits per heavy atom. The quantitative estimate of drug-likeness (QED) is 0.760. The van der Waals surface area contributed by atoms with E-state index in [0.717, 1.165) is 6.54 Å². The molecule has 0 aliphatic heterocycles. The van der Waals surface area contributed by atoms with E-state index in [0.29, 0.717) is 5.41 Å². The van der Waals surface area contributed by atoms with E-state index >= 15 is 0 Å². The molecule has 1 nitrogen and oxygen atoms in total. The van der Waals surface area contributed by atoms with E-state index in [9.17, 15) is 0 Å². The fraction of sp³-hybridized carbons (Fsp3) is 0.571. The molecule has 1 N–H and O–H groups in total. The molecule has 1 fully saturated rings. The van der Waals surface area contributed by atoms with Gasteiger partial charge in [-0.2, -0.15) is 0 Å². The van der Waals surface area contributed by atoms with Crippen LogP contribution in [0, 0.1) is 6.92 Å². The summed E-state index contributed by atoms with van der Waals surface area (Å²) >= 11 is 4.12. The number of aryl methyl sites for hydroxylation is 1. The van der Waals surface area contributed by atoms with Gasteiger partial charge in [0.2, 0.25) is 0 Å². The fourth-order valence-corrected chi connectivity index (χ4v) is 2.53. The Bertz CT molecular complexity index is 301. The van der Waals surface area contributed by atoms with Crippen molar-refractivity contribution < 1.29 is 0 Å². The van der Waals surface area contributed by atoms with E-state index in [1.807, 2.05) is 13.8 Å². The smallest absolute Gasteiger partial charge is 0.0153 e. The molecule has 90 valence electrons. The fourth-order valence-electron chi connectivity index (χ4n) is 2.23. The van der Waals surface area contributed by atoms with Crippen LogP contribution in [0.2, 0.25) is 0 Å². The highest BCUT2D eigenvalue weighted by Crippen LogP contribution is 2.43. The first-order valence-corrected chi connectivity index (χ1v) is 6.66. The molecule has 1 aromatic carbocycles. The Balaban J connectivity index is 0.000000606. The first kappa shape index (κ1) is 13.6. The van der Waals surface area contributed by atoms with Crippen molar-refractivity contribution in [3.8, 4) is 0 Å². The van der Waals surface area contributed by atoms with Gasteiger partial charge >= 0.3 is 0 Å². The van der Waals surface area contributed by atoms with Gasteiger partial charge in [0.25, 0.3) is 0 Å². The first-order chi connectivity index (χ1) is 7.77. The lowest BCUT2D eigenvalue weighted by atomic mass is 9.64. The lowest BCUT2D eigenvalue weighted by Crippen LogP contribution is -2.41. The van der Waals surface area contributed by atoms with Crippen LogP contribution in [0.4, 0.5) is 0 Å². The van der Waals surface area contributed by atoms with Crippen LogP contribution in [0.5, 0.6) is 0 Å². The van der Waals surface area contributed by atoms with Gasteiger partial charge in [0.15, 0.2) is 0 Å². The average molecular weight is 237 g/mol. The number of hydrogen-bond donors (Lipinski definition) is 2. The summed E-state index contributed by atoms with van der Waals surface area (Å²) in [5, 5.41) is 0. The van der Waals surface area contributed by atoms with Crippen LogP contribution in [0.3, 0.4) is 0 Å².